The number of benzene rings is 1. The molecule has 0 spiro atoms. The molecule has 2 N–H and O–H groups in total. The Morgan fingerprint density at radius 3 is 2.69 bits per heavy atom. The van der Waals surface area contributed by atoms with Gasteiger partial charge in [-0.2, -0.15) is 0 Å². The summed E-state index contributed by atoms with van der Waals surface area (Å²) in [5, 5.41) is 10.5. The molecule has 1 amide bonds. The molecule has 1 unspecified atom stereocenters. The van der Waals surface area contributed by atoms with Crippen LogP contribution in [0.4, 0.5) is 5.69 Å². The number of hydrogen-bond donors (Lipinski definition) is 1. The molecule has 0 aliphatic rings. The quantitative estimate of drug-likeness (QED) is 0.524. The molecule has 86 valence electrons. The zero-order chi connectivity index (χ0) is 12.3. The minimum absolute atomic E-state index is 0.0478. The highest BCUT2D eigenvalue weighted by Crippen LogP contribution is 2.26. The molecule has 1 atom stereocenters. The second-order valence-electron chi connectivity index (χ2n) is 3.12. The van der Waals surface area contributed by atoms with E-state index in [2.05, 4.69) is 15.9 Å². The Kier molecular flexibility index (Phi) is 4.26. The number of primary amides is 1. The molecule has 0 aliphatic carbocycles. The van der Waals surface area contributed by atoms with Crippen LogP contribution in [0.15, 0.2) is 18.2 Å². The largest absolute Gasteiger partial charge is 0.369 e. The molecule has 1 aromatic rings. The second-order valence-corrected chi connectivity index (χ2v) is 4.63. The predicted octanol–water partition coefficient (Wildman–Crippen LogP) is 2.04. The number of halogens is 2. The Hall–Kier alpha value is -1.14. The van der Waals surface area contributed by atoms with E-state index >= 15 is 0 Å². The summed E-state index contributed by atoms with van der Waals surface area (Å²) in [4.78, 5) is 20.2. The summed E-state index contributed by atoms with van der Waals surface area (Å²) in [5.41, 5.74) is 5.62. The third-order valence-corrected chi connectivity index (χ3v) is 3.01. The van der Waals surface area contributed by atoms with Crippen LogP contribution in [-0.4, -0.2) is 15.7 Å². The summed E-state index contributed by atoms with van der Waals surface area (Å²) < 4.78 is 0. The van der Waals surface area contributed by atoms with E-state index in [-0.39, 0.29) is 10.7 Å². The lowest BCUT2D eigenvalue weighted by Crippen LogP contribution is -2.24. The number of nitrogens with zero attached hydrogens (tertiary/aromatic N) is 1. The molecule has 0 aromatic heterocycles. The van der Waals surface area contributed by atoms with Crippen LogP contribution in [0.1, 0.15) is 5.56 Å². The van der Waals surface area contributed by atoms with E-state index in [0.29, 0.717) is 12.0 Å². The van der Waals surface area contributed by atoms with Gasteiger partial charge in [-0.1, -0.05) is 33.6 Å². The van der Waals surface area contributed by atoms with Gasteiger partial charge in [0.05, 0.1) is 9.75 Å². The van der Waals surface area contributed by atoms with Gasteiger partial charge in [-0.05, 0) is 18.1 Å². The molecule has 0 bridgehead atoms. The van der Waals surface area contributed by atoms with E-state index < -0.39 is 15.7 Å². The third kappa shape index (κ3) is 3.18. The van der Waals surface area contributed by atoms with Gasteiger partial charge in [0.1, 0.15) is 5.02 Å². The molecule has 0 heterocycles. The fourth-order valence-electron chi connectivity index (χ4n) is 1.13. The fraction of sp³-hybridized carbons (Fsp3) is 0.222. The second kappa shape index (κ2) is 5.27. The Labute approximate surface area is 105 Å². The maximum absolute atomic E-state index is 10.8. The van der Waals surface area contributed by atoms with Crippen molar-refractivity contribution in [1.29, 1.82) is 0 Å². The Morgan fingerprint density at radius 2 is 2.25 bits per heavy atom. The zero-order valence-corrected chi connectivity index (χ0v) is 10.4. The van der Waals surface area contributed by atoms with Gasteiger partial charge in [-0.3, -0.25) is 14.9 Å². The van der Waals surface area contributed by atoms with Crippen LogP contribution in [-0.2, 0) is 11.2 Å². The van der Waals surface area contributed by atoms with Gasteiger partial charge in [0, 0.05) is 6.07 Å². The van der Waals surface area contributed by atoms with Crippen molar-refractivity contribution in [3.8, 4) is 0 Å². The van der Waals surface area contributed by atoms with Gasteiger partial charge in [-0.15, -0.1) is 0 Å². The number of rotatable bonds is 4. The molecule has 5 nitrogen and oxygen atoms in total. The van der Waals surface area contributed by atoms with Crippen LogP contribution in [0.2, 0.25) is 5.02 Å². The monoisotopic (exact) mass is 306 g/mol. The first-order valence-corrected chi connectivity index (χ1v) is 5.57. The number of nitro benzene ring substituents is 1. The summed E-state index contributed by atoms with van der Waals surface area (Å²) >= 11 is 8.81. The number of carbonyl (C=O) groups excluding carboxylic acids is 1. The van der Waals surface area contributed by atoms with Crippen molar-refractivity contribution in [2.75, 3.05) is 0 Å². The zero-order valence-electron chi connectivity index (χ0n) is 8.02. The van der Waals surface area contributed by atoms with Gasteiger partial charge in [0.2, 0.25) is 5.91 Å². The highest BCUT2D eigenvalue weighted by atomic mass is 79.9. The number of nitro groups is 1. The summed E-state index contributed by atoms with van der Waals surface area (Å²) in [6.45, 7) is 0. The van der Waals surface area contributed by atoms with Crippen molar-refractivity contribution in [1.82, 2.24) is 0 Å². The van der Waals surface area contributed by atoms with Gasteiger partial charge in [0.15, 0.2) is 0 Å². The van der Waals surface area contributed by atoms with E-state index in [1.807, 2.05) is 0 Å². The molecular formula is C9H8BrClN2O3. The highest BCUT2D eigenvalue weighted by Gasteiger charge is 2.15. The lowest BCUT2D eigenvalue weighted by molar-refractivity contribution is -0.384. The van der Waals surface area contributed by atoms with Crippen LogP contribution in [0.25, 0.3) is 0 Å². The van der Waals surface area contributed by atoms with Crippen LogP contribution >= 0.6 is 27.5 Å². The average molecular weight is 308 g/mol. The number of carbonyl (C=O) groups is 1. The molecule has 1 rings (SSSR count). The molecule has 0 fully saturated rings. The smallest absolute Gasteiger partial charge is 0.287 e. The standard InChI is InChI=1S/C9H8BrClN2O3/c10-6(9(12)14)3-5-1-2-8(13(15)16)7(11)4-5/h1-2,4,6H,3H2,(H2,12,14). The number of nitrogens with two attached hydrogens (primary N) is 1. The van der Waals surface area contributed by atoms with Crippen LogP contribution in [0.3, 0.4) is 0 Å². The van der Waals surface area contributed by atoms with E-state index in [1.54, 1.807) is 6.07 Å². The Balaban J connectivity index is 2.89. The maximum Gasteiger partial charge on any atom is 0.287 e. The third-order valence-electron chi connectivity index (χ3n) is 1.93. The van der Waals surface area contributed by atoms with E-state index in [0.717, 1.165) is 0 Å². The van der Waals surface area contributed by atoms with Crippen molar-refractivity contribution in [3.63, 3.8) is 0 Å². The van der Waals surface area contributed by atoms with Gasteiger partial charge >= 0.3 is 0 Å². The summed E-state index contributed by atoms with van der Waals surface area (Å²) in [7, 11) is 0. The minimum atomic E-state index is -0.564. The lowest BCUT2D eigenvalue weighted by Gasteiger charge is -2.05. The summed E-state index contributed by atoms with van der Waals surface area (Å²) in [6, 6.07) is 4.30. The molecule has 16 heavy (non-hydrogen) atoms. The van der Waals surface area contributed by atoms with Gasteiger partial charge in [0.25, 0.3) is 5.69 Å². The molecule has 0 radical (unpaired) electrons. The first-order valence-electron chi connectivity index (χ1n) is 4.28. The van der Waals surface area contributed by atoms with Crippen LogP contribution in [0.5, 0.6) is 0 Å². The molecule has 7 heteroatoms. The first kappa shape index (κ1) is 12.9. The van der Waals surface area contributed by atoms with E-state index in [9.17, 15) is 14.9 Å². The van der Waals surface area contributed by atoms with Crippen molar-refractivity contribution in [2.24, 2.45) is 5.73 Å². The Bertz CT molecular complexity index is 439. The number of alkyl halides is 1. The van der Waals surface area contributed by atoms with Crippen molar-refractivity contribution in [2.45, 2.75) is 11.2 Å². The highest BCUT2D eigenvalue weighted by molar-refractivity contribution is 9.10. The van der Waals surface area contributed by atoms with E-state index in [4.69, 9.17) is 17.3 Å². The minimum Gasteiger partial charge on any atom is -0.369 e. The van der Waals surface area contributed by atoms with Crippen LogP contribution in [0, 0.1) is 10.1 Å². The molecule has 0 aliphatic heterocycles. The number of amides is 1. The molecule has 0 saturated carbocycles. The molecule has 1 aromatic carbocycles. The maximum atomic E-state index is 10.8. The van der Waals surface area contributed by atoms with Crippen molar-refractivity contribution < 1.29 is 9.72 Å². The number of hydrogen-bond acceptors (Lipinski definition) is 3. The van der Waals surface area contributed by atoms with E-state index in [1.165, 1.54) is 12.1 Å². The summed E-state index contributed by atoms with van der Waals surface area (Å²) in [5.74, 6) is -0.491. The summed E-state index contributed by atoms with van der Waals surface area (Å²) in [6.07, 6.45) is 0.340. The topological polar surface area (TPSA) is 86.2 Å². The van der Waals surface area contributed by atoms with Gasteiger partial charge < -0.3 is 5.73 Å². The molecular weight excluding hydrogens is 299 g/mol. The Morgan fingerprint density at radius 1 is 1.62 bits per heavy atom. The van der Waals surface area contributed by atoms with Crippen molar-refractivity contribution >= 4 is 39.1 Å². The van der Waals surface area contributed by atoms with Crippen LogP contribution < -0.4 is 5.73 Å². The SMILES string of the molecule is NC(=O)C(Br)Cc1ccc([N+](=O)[O-])c(Cl)c1. The predicted molar refractivity (Wildman–Crippen MR) is 63.7 cm³/mol. The van der Waals surface area contributed by atoms with Gasteiger partial charge in [-0.25, -0.2) is 0 Å². The fourth-order valence-corrected chi connectivity index (χ4v) is 1.78. The molecule has 0 saturated heterocycles. The first-order chi connectivity index (χ1) is 7.41. The average Bonchev–Trinajstić information content (AvgIpc) is 2.16. The lowest BCUT2D eigenvalue weighted by atomic mass is 10.1. The van der Waals surface area contributed by atoms with Crippen molar-refractivity contribution in [3.05, 3.63) is 38.9 Å². The normalized spacial score (nSPS) is 12.1.